The molecule has 1 aromatic carbocycles. The standard InChI is InChI=1S/C18H20ClN5OS/c1-11(17-12(2)26-13(3)20-17)23(4)18(25)16-10-24(22-21-16)9-14-5-7-15(19)8-6-14/h5-8,10-11H,9H2,1-4H3/t11-/m0/s1. The Labute approximate surface area is 161 Å². The van der Waals surface area contributed by atoms with E-state index in [-0.39, 0.29) is 11.9 Å². The number of rotatable bonds is 5. The zero-order valence-electron chi connectivity index (χ0n) is 15.1. The second kappa shape index (κ2) is 7.55. The molecule has 0 unspecified atom stereocenters. The first-order chi connectivity index (χ1) is 12.3. The van der Waals surface area contributed by atoms with Crippen molar-refractivity contribution >= 4 is 28.8 Å². The van der Waals surface area contributed by atoms with Gasteiger partial charge in [0.25, 0.3) is 5.91 Å². The summed E-state index contributed by atoms with van der Waals surface area (Å²) in [6.45, 7) is 6.49. The molecule has 0 fully saturated rings. The summed E-state index contributed by atoms with van der Waals surface area (Å²) in [5.74, 6) is -0.176. The number of nitrogens with zero attached hydrogens (tertiary/aromatic N) is 5. The number of halogens is 1. The van der Waals surface area contributed by atoms with Gasteiger partial charge >= 0.3 is 0 Å². The SMILES string of the molecule is Cc1nc([C@H](C)N(C)C(=O)c2cn(Cc3ccc(Cl)cc3)nn2)c(C)s1. The Hall–Kier alpha value is -2.25. The number of aromatic nitrogens is 4. The lowest BCUT2D eigenvalue weighted by Crippen LogP contribution is -2.30. The highest BCUT2D eigenvalue weighted by atomic mass is 35.5. The van der Waals surface area contributed by atoms with Gasteiger partial charge in [-0.3, -0.25) is 4.79 Å². The van der Waals surface area contributed by atoms with Gasteiger partial charge in [-0.05, 0) is 38.5 Å². The Kier molecular flexibility index (Phi) is 5.38. The van der Waals surface area contributed by atoms with Gasteiger partial charge in [-0.1, -0.05) is 28.9 Å². The van der Waals surface area contributed by atoms with Gasteiger partial charge in [0.05, 0.1) is 29.5 Å². The van der Waals surface area contributed by atoms with Crippen molar-refractivity contribution < 1.29 is 4.79 Å². The Morgan fingerprint density at radius 3 is 2.62 bits per heavy atom. The number of aryl methyl sites for hydroxylation is 2. The highest BCUT2D eigenvalue weighted by Gasteiger charge is 2.24. The van der Waals surface area contributed by atoms with E-state index in [1.807, 2.05) is 45.0 Å². The van der Waals surface area contributed by atoms with Crippen LogP contribution in [-0.2, 0) is 6.54 Å². The lowest BCUT2D eigenvalue weighted by molar-refractivity contribution is 0.0733. The predicted octanol–water partition coefficient (Wildman–Crippen LogP) is 3.89. The lowest BCUT2D eigenvalue weighted by Gasteiger charge is -2.23. The number of carbonyl (C=O) groups excluding carboxylic acids is 1. The van der Waals surface area contributed by atoms with E-state index in [0.717, 1.165) is 21.1 Å². The fourth-order valence-electron chi connectivity index (χ4n) is 2.72. The zero-order valence-corrected chi connectivity index (χ0v) is 16.7. The minimum atomic E-state index is -0.176. The summed E-state index contributed by atoms with van der Waals surface area (Å²) in [6.07, 6.45) is 1.67. The van der Waals surface area contributed by atoms with E-state index in [0.29, 0.717) is 17.3 Å². The van der Waals surface area contributed by atoms with E-state index in [1.54, 1.807) is 34.2 Å². The molecule has 3 aromatic rings. The minimum absolute atomic E-state index is 0.131. The van der Waals surface area contributed by atoms with Crippen molar-refractivity contribution in [3.8, 4) is 0 Å². The molecule has 0 spiro atoms. The minimum Gasteiger partial charge on any atom is -0.332 e. The summed E-state index contributed by atoms with van der Waals surface area (Å²) in [5, 5.41) is 9.78. The van der Waals surface area contributed by atoms with Crippen molar-refractivity contribution in [1.82, 2.24) is 24.9 Å². The van der Waals surface area contributed by atoms with Crippen LogP contribution in [0.15, 0.2) is 30.5 Å². The van der Waals surface area contributed by atoms with Crippen LogP contribution >= 0.6 is 22.9 Å². The summed E-state index contributed by atoms with van der Waals surface area (Å²) in [6, 6.07) is 7.37. The molecule has 2 aromatic heterocycles. The second-order valence-electron chi connectivity index (χ2n) is 6.19. The van der Waals surface area contributed by atoms with E-state index in [1.165, 1.54) is 0 Å². The third kappa shape index (κ3) is 3.94. The number of hydrogen-bond donors (Lipinski definition) is 0. The maximum absolute atomic E-state index is 12.8. The summed E-state index contributed by atoms with van der Waals surface area (Å²) in [4.78, 5) is 20.1. The molecule has 6 nitrogen and oxygen atoms in total. The maximum atomic E-state index is 12.8. The zero-order chi connectivity index (χ0) is 18.8. The first-order valence-corrected chi connectivity index (χ1v) is 9.40. The molecule has 1 amide bonds. The molecule has 8 heteroatoms. The fraction of sp³-hybridized carbons (Fsp3) is 0.333. The van der Waals surface area contributed by atoms with Gasteiger partial charge in [-0.2, -0.15) is 0 Å². The Bertz CT molecular complexity index is 918. The predicted molar refractivity (Wildman–Crippen MR) is 103 cm³/mol. The van der Waals surface area contributed by atoms with Gasteiger partial charge in [-0.25, -0.2) is 9.67 Å². The van der Waals surface area contributed by atoms with Crippen LogP contribution in [0.3, 0.4) is 0 Å². The van der Waals surface area contributed by atoms with Crippen molar-refractivity contribution in [3.05, 3.63) is 62.3 Å². The van der Waals surface area contributed by atoms with Crippen LogP contribution < -0.4 is 0 Å². The molecular weight excluding hydrogens is 370 g/mol. The molecule has 2 heterocycles. The molecule has 0 saturated heterocycles. The van der Waals surface area contributed by atoms with Gasteiger partial charge in [0.2, 0.25) is 0 Å². The van der Waals surface area contributed by atoms with E-state index in [9.17, 15) is 4.79 Å². The smallest absolute Gasteiger partial charge is 0.276 e. The van der Waals surface area contributed by atoms with Crippen molar-refractivity contribution in [3.63, 3.8) is 0 Å². The first kappa shape index (κ1) is 18.5. The van der Waals surface area contributed by atoms with Crippen LogP contribution in [0.4, 0.5) is 0 Å². The molecule has 0 bridgehead atoms. The van der Waals surface area contributed by atoms with Crippen molar-refractivity contribution in [2.75, 3.05) is 7.05 Å². The van der Waals surface area contributed by atoms with Crippen LogP contribution in [0.2, 0.25) is 5.02 Å². The number of thiazole rings is 1. The summed E-state index contributed by atoms with van der Waals surface area (Å²) >= 11 is 7.54. The average Bonchev–Trinajstić information content (AvgIpc) is 3.21. The average molecular weight is 390 g/mol. The molecule has 0 aliphatic rings. The Morgan fingerprint density at radius 2 is 2.00 bits per heavy atom. The fourth-order valence-corrected chi connectivity index (χ4v) is 3.76. The van der Waals surface area contributed by atoms with Crippen molar-refractivity contribution in [1.29, 1.82) is 0 Å². The quantitative estimate of drug-likeness (QED) is 0.664. The third-order valence-corrected chi connectivity index (χ3v) is 5.41. The summed E-state index contributed by atoms with van der Waals surface area (Å²) < 4.78 is 1.65. The molecule has 3 rings (SSSR count). The highest BCUT2D eigenvalue weighted by Crippen LogP contribution is 2.26. The van der Waals surface area contributed by atoms with Crippen LogP contribution in [0.25, 0.3) is 0 Å². The van der Waals surface area contributed by atoms with E-state index in [4.69, 9.17) is 11.6 Å². The van der Waals surface area contributed by atoms with E-state index in [2.05, 4.69) is 15.3 Å². The third-order valence-electron chi connectivity index (χ3n) is 4.25. The molecular formula is C18H20ClN5OS. The van der Waals surface area contributed by atoms with Gasteiger partial charge in [-0.15, -0.1) is 16.4 Å². The molecule has 26 heavy (non-hydrogen) atoms. The number of amides is 1. The Morgan fingerprint density at radius 1 is 1.31 bits per heavy atom. The van der Waals surface area contributed by atoms with E-state index < -0.39 is 0 Å². The van der Waals surface area contributed by atoms with Crippen molar-refractivity contribution in [2.24, 2.45) is 0 Å². The summed E-state index contributed by atoms with van der Waals surface area (Å²) in [5.41, 5.74) is 2.28. The second-order valence-corrected chi connectivity index (χ2v) is 8.04. The van der Waals surface area contributed by atoms with Crippen LogP contribution in [-0.4, -0.2) is 37.8 Å². The molecule has 136 valence electrons. The van der Waals surface area contributed by atoms with Crippen LogP contribution in [0, 0.1) is 13.8 Å². The normalized spacial score (nSPS) is 12.2. The molecule has 0 saturated carbocycles. The number of benzene rings is 1. The first-order valence-electron chi connectivity index (χ1n) is 8.21. The Balaban J connectivity index is 1.72. The van der Waals surface area contributed by atoms with Gasteiger partial charge in [0, 0.05) is 16.9 Å². The van der Waals surface area contributed by atoms with Gasteiger partial charge < -0.3 is 4.90 Å². The molecule has 1 atom stereocenters. The summed E-state index contributed by atoms with van der Waals surface area (Å²) in [7, 11) is 1.76. The lowest BCUT2D eigenvalue weighted by atomic mass is 10.2. The highest BCUT2D eigenvalue weighted by molar-refractivity contribution is 7.11. The van der Waals surface area contributed by atoms with Gasteiger partial charge in [0.15, 0.2) is 5.69 Å². The largest absolute Gasteiger partial charge is 0.332 e. The van der Waals surface area contributed by atoms with Gasteiger partial charge in [0.1, 0.15) is 0 Å². The van der Waals surface area contributed by atoms with Crippen LogP contribution in [0.5, 0.6) is 0 Å². The molecule has 0 aliphatic carbocycles. The van der Waals surface area contributed by atoms with Crippen LogP contribution in [0.1, 0.15) is 44.6 Å². The molecule has 0 N–H and O–H groups in total. The maximum Gasteiger partial charge on any atom is 0.276 e. The number of hydrogen-bond acceptors (Lipinski definition) is 5. The topological polar surface area (TPSA) is 63.9 Å². The molecule has 0 aliphatic heterocycles. The van der Waals surface area contributed by atoms with Crippen molar-refractivity contribution in [2.45, 2.75) is 33.4 Å². The number of carbonyl (C=O) groups is 1. The van der Waals surface area contributed by atoms with E-state index >= 15 is 0 Å². The monoisotopic (exact) mass is 389 g/mol. The molecule has 0 radical (unpaired) electrons.